The number of fused-ring (bicyclic) bond motifs is 1. The van der Waals surface area contributed by atoms with E-state index in [4.69, 9.17) is 9.47 Å². The maximum Gasteiger partial charge on any atom is 0.257 e. The lowest BCUT2D eigenvalue weighted by Crippen LogP contribution is -2.17. The van der Waals surface area contributed by atoms with Crippen LogP contribution in [-0.2, 0) is 0 Å². The van der Waals surface area contributed by atoms with Crippen LogP contribution < -0.4 is 20.1 Å². The van der Waals surface area contributed by atoms with Crippen molar-refractivity contribution >= 4 is 35.0 Å². The summed E-state index contributed by atoms with van der Waals surface area (Å²) in [5.41, 5.74) is 1.95. The molecule has 8 heteroatoms. The third-order valence-electron chi connectivity index (χ3n) is 5.17. The van der Waals surface area contributed by atoms with E-state index < -0.39 is 0 Å². The van der Waals surface area contributed by atoms with Gasteiger partial charge in [0, 0.05) is 45.6 Å². The SMILES string of the molecule is O=C(Nc1cccc(C(=O)Nc2cc3c(cc2Sc2ccccc2)OCCO3)c1)c1cccnc1. The van der Waals surface area contributed by atoms with E-state index in [1.165, 1.54) is 18.0 Å². The number of rotatable bonds is 6. The molecule has 0 unspecified atom stereocenters. The van der Waals surface area contributed by atoms with Crippen LogP contribution in [0.15, 0.2) is 101 Å². The van der Waals surface area contributed by atoms with Crippen LogP contribution >= 0.6 is 11.8 Å². The summed E-state index contributed by atoms with van der Waals surface area (Å²) in [6.07, 6.45) is 3.09. The van der Waals surface area contributed by atoms with Crippen molar-refractivity contribution in [3.8, 4) is 11.5 Å². The van der Waals surface area contributed by atoms with Gasteiger partial charge in [0.15, 0.2) is 11.5 Å². The molecule has 0 fully saturated rings. The molecule has 7 nitrogen and oxygen atoms in total. The maximum atomic E-state index is 13.2. The van der Waals surface area contributed by atoms with E-state index >= 15 is 0 Å². The van der Waals surface area contributed by atoms with Gasteiger partial charge in [-0.15, -0.1) is 0 Å². The van der Waals surface area contributed by atoms with Crippen LogP contribution in [-0.4, -0.2) is 30.0 Å². The Labute approximate surface area is 206 Å². The van der Waals surface area contributed by atoms with Crippen LogP contribution in [0, 0.1) is 0 Å². The first-order valence-electron chi connectivity index (χ1n) is 10.9. The zero-order chi connectivity index (χ0) is 24.0. The van der Waals surface area contributed by atoms with Crippen LogP contribution in [0.4, 0.5) is 11.4 Å². The fraction of sp³-hybridized carbons (Fsp3) is 0.0741. The molecule has 0 atom stereocenters. The first kappa shape index (κ1) is 22.5. The summed E-state index contributed by atoms with van der Waals surface area (Å²) in [4.78, 5) is 31.5. The summed E-state index contributed by atoms with van der Waals surface area (Å²) in [6, 6.07) is 23.7. The molecule has 174 valence electrons. The number of benzene rings is 3. The molecular formula is C27H21N3O4S. The number of pyridine rings is 1. The molecule has 0 saturated heterocycles. The summed E-state index contributed by atoms with van der Waals surface area (Å²) < 4.78 is 11.5. The largest absolute Gasteiger partial charge is 0.486 e. The minimum atomic E-state index is -0.311. The van der Waals surface area contributed by atoms with Gasteiger partial charge in [-0.2, -0.15) is 0 Å². The molecule has 3 aromatic carbocycles. The summed E-state index contributed by atoms with van der Waals surface area (Å²) in [6.45, 7) is 0.927. The number of carbonyl (C=O) groups excluding carboxylic acids is 2. The highest BCUT2D eigenvalue weighted by Crippen LogP contribution is 2.42. The Bertz CT molecular complexity index is 1360. The van der Waals surface area contributed by atoms with Crippen molar-refractivity contribution in [2.75, 3.05) is 23.8 Å². The van der Waals surface area contributed by atoms with E-state index in [1.54, 1.807) is 48.7 Å². The Morgan fingerprint density at radius 1 is 0.771 bits per heavy atom. The van der Waals surface area contributed by atoms with Gasteiger partial charge >= 0.3 is 0 Å². The van der Waals surface area contributed by atoms with Crippen molar-refractivity contribution < 1.29 is 19.1 Å². The van der Waals surface area contributed by atoms with Crippen LogP contribution in [0.5, 0.6) is 11.5 Å². The Morgan fingerprint density at radius 2 is 1.51 bits per heavy atom. The molecule has 0 aliphatic carbocycles. The topological polar surface area (TPSA) is 89.6 Å². The number of aromatic nitrogens is 1. The molecular weight excluding hydrogens is 462 g/mol. The fourth-order valence-corrected chi connectivity index (χ4v) is 4.43. The second kappa shape index (κ2) is 10.3. The van der Waals surface area contributed by atoms with Gasteiger partial charge in [0.05, 0.1) is 11.3 Å². The average molecular weight is 484 g/mol. The van der Waals surface area contributed by atoms with E-state index in [0.717, 1.165) is 9.79 Å². The lowest BCUT2D eigenvalue weighted by Gasteiger charge is -2.21. The molecule has 5 rings (SSSR count). The van der Waals surface area contributed by atoms with Crippen molar-refractivity contribution in [2.45, 2.75) is 9.79 Å². The van der Waals surface area contributed by atoms with Crippen molar-refractivity contribution in [1.82, 2.24) is 4.98 Å². The minimum absolute atomic E-state index is 0.302. The normalized spacial score (nSPS) is 12.0. The molecule has 2 amide bonds. The molecule has 1 aromatic heterocycles. The van der Waals surface area contributed by atoms with E-state index in [9.17, 15) is 9.59 Å². The summed E-state index contributed by atoms with van der Waals surface area (Å²) in [5.74, 6) is 0.618. The van der Waals surface area contributed by atoms with Crippen LogP contribution in [0.1, 0.15) is 20.7 Å². The van der Waals surface area contributed by atoms with Gasteiger partial charge in [-0.25, -0.2) is 0 Å². The monoisotopic (exact) mass is 483 g/mol. The number of ether oxygens (including phenoxy) is 2. The van der Waals surface area contributed by atoms with Crippen molar-refractivity contribution in [3.05, 3.63) is 102 Å². The maximum absolute atomic E-state index is 13.2. The van der Waals surface area contributed by atoms with Gasteiger partial charge in [0.2, 0.25) is 0 Å². The van der Waals surface area contributed by atoms with E-state index in [-0.39, 0.29) is 11.8 Å². The number of carbonyl (C=O) groups is 2. The van der Waals surface area contributed by atoms with Gasteiger partial charge in [0.25, 0.3) is 11.8 Å². The van der Waals surface area contributed by atoms with E-state index in [1.807, 2.05) is 36.4 Å². The van der Waals surface area contributed by atoms with Crippen LogP contribution in [0.2, 0.25) is 0 Å². The third-order valence-corrected chi connectivity index (χ3v) is 6.24. The van der Waals surface area contributed by atoms with Gasteiger partial charge < -0.3 is 20.1 Å². The Kier molecular flexibility index (Phi) is 6.63. The second-order valence-electron chi connectivity index (χ2n) is 7.64. The highest BCUT2D eigenvalue weighted by Gasteiger charge is 2.19. The molecule has 1 aliphatic heterocycles. The minimum Gasteiger partial charge on any atom is -0.486 e. The smallest absolute Gasteiger partial charge is 0.257 e. The predicted molar refractivity (Wildman–Crippen MR) is 135 cm³/mol. The van der Waals surface area contributed by atoms with Gasteiger partial charge in [-0.05, 0) is 42.5 Å². The number of nitrogens with zero attached hydrogens (tertiary/aromatic N) is 1. The zero-order valence-corrected chi connectivity index (χ0v) is 19.4. The number of hydrogen-bond donors (Lipinski definition) is 2. The van der Waals surface area contributed by atoms with Crippen molar-refractivity contribution in [1.29, 1.82) is 0 Å². The molecule has 2 N–H and O–H groups in total. The number of hydrogen-bond acceptors (Lipinski definition) is 6. The van der Waals surface area contributed by atoms with Crippen LogP contribution in [0.3, 0.4) is 0 Å². The molecule has 0 radical (unpaired) electrons. The molecule has 0 saturated carbocycles. The highest BCUT2D eigenvalue weighted by molar-refractivity contribution is 7.99. The summed E-state index contributed by atoms with van der Waals surface area (Å²) >= 11 is 1.52. The average Bonchev–Trinajstić information content (AvgIpc) is 2.90. The molecule has 1 aliphatic rings. The number of anilines is 2. The van der Waals surface area contributed by atoms with Gasteiger partial charge in [-0.3, -0.25) is 14.6 Å². The van der Waals surface area contributed by atoms with E-state index in [0.29, 0.717) is 47.2 Å². The lowest BCUT2D eigenvalue weighted by atomic mass is 10.1. The fourth-order valence-electron chi connectivity index (χ4n) is 3.50. The predicted octanol–water partition coefficient (Wildman–Crippen LogP) is 5.51. The third kappa shape index (κ3) is 5.44. The van der Waals surface area contributed by atoms with Crippen LogP contribution in [0.25, 0.3) is 0 Å². The quantitative estimate of drug-likeness (QED) is 0.376. The first-order chi connectivity index (χ1) is 17.2. The Hall–Kier alpha value is -4.30. The summed E-state index contributed by atoms with van der Waals surface area (Å²) in [5, 5.41) is 5.79. The highest BCUT2D eigenvalue weighted by atomic mass is 32.2. The Morgan fingerprint density at radius 3 is 2.29 bits per heavy atom. The number of amides is 2. The molecule has 35 heavy (non-hydrogen) atoms. The lowest BCUT2D eigenvalue weighted by molar-refractivity contribution is 0.101. The van der Waals surface area contributed by atoms with Gasteiger partial charge in [0.1, 0.15) is 13.2 Å². The zero-order valence-electron chi connectivity index (χ0n) is 18.6. The Balaban J connectivity index is 1.38. The molecule has 2 heterocycles. The molecule has 0 bridgehead atoms. The van der Waals surface area contributed by atoms with Crippen molar-refractivity contribution in [2.24, 2.45) is 0 Å². The first-order valence-corrected chi connectivity index (χ1v) is 11.8. The molecule has 0 spiro atoms. The summed E-state index contributed by atoms with van der Waals surface area (Å²) in [7, 11) is 0. The standard InChI is InChI=1S/C27H21N3O4S/c31-26(18-6-4-8-20(14-18)29-27(32)19-7-5-11-28-17-19)30-22-15-23-24(34-13-12-33-23)16-25(22)35-21-9-2-1-3-10-21/h1-11,14-17H,12-13H2,(H,29,32)(H,30,31). The van der Waals surface area contributed by atoms with Gasteiger partial charge in [-0.1, -0.05) is 36.0 Å². The second-order valence-corrected chi connectivity index (χ2v) is 8.75. The number of nitrogens with one attached hydrogen (secondary N) is 2. The van der Waals surface area contributed by atoms with E-state index in [2.05, 4.69) is 15.6 Å². The van der Waals surface area contributed by atoms with Crippen molar-refractivity contribution in [3.63, 3.8) is 0 Å². The molecule has 4 aromatic rings.